The smallest absolute Gasteiger partial charge is 0.216 e. The Bertz CT molecular complexity index is 598. The van der Waals surface area contributed by atoms with Crippen molar-refractivity contribution >= 4 is 15.7 Å². The zero-order chi connectivity index (χ0) is 17.5. The molecule has 0 bridgehead atoms. The molecule has 1 aromatic carbocycles. The topological polar surface area (TPSA) is 67.4 Å². The van der Waals surface area contributed by atoms with E-state index < -0.39 is 20.6 Å². The van der Waals surface area contributed by atoms with Crippen molar-refractivity contribution in [1.82, 2.24) is 4.72 Å². The van der Waals surface area contributed by atoms with Crippen LogP contribution in [-0.4, -0.2) is 33.4 Å². The molecule has 0 aliphatic rings. The van der Waals surface area contributed by atoms with E-state index in [9.17, 15) is 12.8 Å². The highest BCUT2D eigenvalue weighted by molar-refractivity contribution is 7.90. The highest BCUT2D eigenvalue weighted by Crippen LogP contribution is 2.20. The molecule has 132 valence electrons. The molecule has 23 heavy (non-hydrogen) atoms. The van der Waals surface area contributed by atoms with Crippen LogP contribution in [0.2, 0.25) is 0 Å². The average molecular weight is 346 g/mol. The summed E-state index contributed by atoms with van der Waals surface area (Å²) in [5.74, 6) is -0.171. The molecule has 0 spiro atoms. The number of anilines is 1. The summed E-state index contributed by atoms with van der Waals surface area (Å²) < 4.78 is 43.9. The minimum absolute atomic E-state index is 0.224. The zero-order valence-corrected chi connectivity index (χ0v) is 15.1. The van der Waals surface area contributed by atoms with Gasteiger partial charge in [0.2, 0.25) is 10.0 Å². The van der Waals surface area contributed by atoms with Gasteiger partial charge in [0.25, 0.3) is 0 Å². The molecule has 1 rings (SSSR count). The van der Waals surface area contributed by atoms with Crippen molar-refractivity contribution in [3.05, 3.63) is 24.0 Å². The molecule has 0 atom stereocenters. The first-order chi connectivity index (χ1) is 10.7. The second kappa shape index (κ2) is 8.49. The minimum Gasteiger partial charge on any atom is -0.494 e. The van der Waals surface area contributed by atoms with E-state index in [1.165, 1.54) is 13.2 Å². The molecule has 0 fully saturated rings. The van der Waals surface area contributed by atoms with Gasteiger partial charge in [0, 0.05) is 24.8 Å². The normalized spacial score (nSPS) is 12.2. The van der Waals surface area contributed by atoms with E-state index in [2.05, 4.69) is 10.0 Å². The highest BCUT2D eigenvalue weighted by Gasteiger charge is 2.27. The molecule has 0 aromatic heterocycles. The van der Waals surface area contributed by atoms with Crippen LogP contribution in [0.4, 0.5) is 10.1 Å². The van der Waals surface area contributed by atoms with Gasteiger partial charge in [0.05, 0.1) is 11.9 Å². The number of unbranched alkanes of at least 4 members (excludes halogenated alkanes) is 2. The van der Waals surface area contributed by atoms with Gasteiger partial charge in [-0.25, -0.2) is 17.5 Å². The Labute approximate surface area is 138 Å². The van der Waals surface area contributed by atoms with E-state index in [0.717, 1.165) is 19.3 Å². The molecule has 0 amide bonds. The Kier molecular flexibility index (Phi) is 7.28. The predicted octanol–water partition coefficient (Wildman–Crippen LogP) is 3.13. The van der Waals surface area contributed by atoms with E-state index in [0.29, 0.717) is 18.8 Å². The van der Waals surface area contributed by atoms with Crippen LogP contribution in [0.5, 0.6) is 5.75 Å². The molecule has 7 heteroatoms. The Morgan fingerprint density at radius 3 is 2.35 bits per heavy atom. The van der Waals surface area contributed by atoms with Crippen LogP contribution in [-0.2, 0) is 10.0 Å². The number of sulfonamides is 1. The lowest BCUT2D eigenvalue weighted by molar-refractivity contribution is 0.386. The lowest BCUT2D eigenvalue weighted by atomic mass is 10.2. The third-order valence-corrected chi connectivity index (χ3v) is 5.63. The largest absolute Gasteiger partial charge is 0.494 e. The maximum atomic E-state index is 13.5. The third-order valence-electron chi connectivity index (χ3n) is 3.43. The Balaban J connectivity index is 2.20. The van der Waals surface area contributed by atoms with Crippen LogP contribution in [0.15, 0.2) is 18.2 Å². The van der Waals surface area contributed by atoms with Gasteiger partial charge in [-0.05, 0) is 45.7 Å². The van der Waals surface area contributed by atoms with Gasteiger partial charge >= 0.3 is 0 Å². The number of nitrogens with one attached hydrogen (secondary N) is 2. The number of benzene rings is 1. The Hall–Kier alpha value is -1.34. The van der Waals surface area contributed by atoms with Crippen LogP contribution in [0.1, 0.15) is 40.0 Å². The van der Waals surface area contributed by atoms with Gasteiger partial charge in [-0.1, -0.05) is 6.42 Å². The molecular weight excluding hydrogens is 319 g/mol. The van der Waals surface area contributed by atoms with Gasteiger partial charge in [0.15, 0.2) is 11.6 Å². The minimum atomic E-state index is -3.26. The third kappa shape index (κ3) is 6.35. The van der Waals surface area contributed by atoms with Crippen LogP contribution >= 0.6 is 0 Å². The number of hydrogen-bond acceptors (Lipinski definition) is 4. The summed E-state index contributed by atoms with van der Waals surface area (Å²) in [5.41, 5.74) is 0.705. The fourth-order valence-electron chi connectivity index (χ4n) is 1.86. The summed E-state index contributed by atoms with van der Waals surface area (Å²) in [5, 5.41) is 3.13. The molecule has 0 saturated heterocycles. The summed E-state index contributed by atoms with van der Waals surface area (Å²) in [4.78, 5) is 0. The second-order valence-corrected chi connectivity index (χ2v) is 8.87. The summed E-state index contributed by atoms with van der Waals surface area (Å²) >= 11 is 0. The summed E-state index contributed by atoms with van der Waals surface area (Å²) in [6.45, 7) is 6.17. The van der Waals surface area contributed by atoms with E-state index in [1.54, 1.807) is 32.9 Å². The van der Waals surface area contributed by atoms with Crippen molar-refractivity contribution in [2.24, 2.45) is 0 Å². The number of hydrogen-bond donors (Lipinski definition) is 2. The van der Waals surface area contributed by atoms with Crippen molar-refractivity contribution in [2.75, 3.05) is 25.5 Å². The maximum Gasteiger partial charge on any atom is 0.216 e. The zero-order valence-electron chi connectivity index (χ0n) is 14.3. The fourth-order valence-corrected chi connectivity index (χ4v) is 2.70. The first kappa shape index (κ1) is 19.7. The first-order valence-corrected chi connectivity index (χ1v) is 9.22. The predicted molar refractivity (Wildman–Crippen MR) is 92.0 cm³/mol. The summed E-state index contributed by atoms with van der Waals surface area (Å²) in [6.07, 6.45) is 2.54. The average Bonchev–Trinajstić information content (AvgIpc) is 2.45. The van der Waals surface area contributed by atoms with Crippen molar-refractivity contribution in [3.63, 3.8) is 0 Å². The van der Waals surface area contributed by atoms with Crippen LogP contribution in [0.3, 0.4) is 0 Å². The number of halogens is 1. The molecule has 0 radical (unpaired) electrons. The lowest BCUT2D eigenvalue weighted by Gasteiger charge is -2.19. The SMILES string of the molecule is COc1ccc(NCCCCCNS(=O)(=O)C(C)(C)C)cc1F. The standard InChI is InChI=1S/C16H27FN2O3S/c1-16(2,3)23(20,21)19-11-7-5-6-10-18-13-8-9-15(22-4)14(17)12-13/h8-9,12,18-19H,5-7,10-11H2,1-4H3. The van der Waals surface area contributed by atoms with E-state index in [4.69, 9.17) is 4.74 Å². The molecule has 2 N–H and O–H groups in total. The molecule has 0 heterocycles. The van der Waals surface area contributed by atoms with Gasteiger partial charge in [-0.2, -0.15) is 0 Å². The Morgan fingerprint density at radius 1 is 1.13 bits per heavy atom. The summed E-state index contributed by atoms with van der Waals surface area (Å²) in [7, 11) is -1.83. The van der Waals surface area contributed by atoms with Gasteiger partial charge in [-0.15, -0.1) is 0 Å². The lowest BCUT2D eigenvalue weighted by Crippen LogP contribution is -2.39. The van der Waals surface area contributed by atoms with Crippen LogP contribution in [0, 0.1) is 5.82 Å². The molecule has 5 nitrogen and oxygen atoms in total. The maximum absolute atomic E-state index is 13.5. The van der Waals surface area contributed by atoms with Crippen molar-refractivity contribution in [1.29, 1.82) is 0 Å². The monoisotopic (exact) mass is 346 g/mol. The number of ether oxygens (including phenoxy) is 1. The quantitative estimate of drug-likeness (QED) is 0.674. The molecule has 0 unspecified atom stereocenters. The van der Waals surface area contributed by atoms with Crippen LogP contribution in [0.25, 0.3) is 0 Å². The molecular formula is C16H27FN2O3S. The molecule has 0 saturated carbocycles. The van der Waals surface area contributed by atoms with Gasteiger partial charge < -0.3 is 10.1 Å². The number of rotatable bonds is 9. The second-order valence-electron chi connectivity index (χ2n) is 6.35. The van der Waals surface area contributed by atoms with E-state index in [1.807, 2.05) is 0 Å². The molecule has 1 aromatic rings. The highest BCUT2D eigenvalue weighted by atomic mass is 32.2. The Morgan fingerprint density at radius 2 is 1.78 bits per heavy atom. The molecule has 0 aliphatic heterocycles. The van der Waals surface area contributed by atoms with Gasteiger partial charge in [0.1, 0.15) is 0 Å². The number of methoxy groups -OCH3 is 1. The van der Waals surface area contributed by atoms with E-state index in [-0.39, 0.29) is 5.75 Å². The fraction of sp³-hybridized carbons (Fsp3) is 0.625. The summed E-state index contributed by atoms with van der Waals surface area (Å²) in [6, 6.07) is 4.74. The van der Waals surface area contributed by atoms with Crippen molar-refractivity contribution in [2.45, 2.75) is 44.8 Å². The van der Waals surface area contributed by atoms with Crippen molar-refractivity contribution < 1.29 is 17.5 Å². The van der Waals surface area contributed by atoms with E-state index >= 15 is 0 Å². The van der Waals surface area contributed by atoms with Crippen LogP contribution < -0.4 is 14.8 Å². The first-order valence-electron chi connectivity index (χ1n) is 7.74. The van der Waals surface area contributed by atoms with Gasteiger partial charge in [-0.3, -0.25) is 0 Å². The van der Waals surface area contributed by atoms with Crippen molar-refractivity contribution in [3.8, 4) is 5.75 Å². The molecule has 0 aliphatic carbocycles.